The zero-order valence-corrected chi connectivity index (χ0v) is 11.5. The van der Waals surface area contributed by atoms with Gasteiger partial charge in [-0.3, -0.25) is 0 Å². The topological polar surface area (TPSA) is 15.3 Å². The Kier molecular flexibility index (Phi) is 4.63. The second kappa shape index (κ2) is 6.43. The summed E-state index contributed by atoms with van der Waals surface area (Å²) in [6, 6.07) is 14.3. The first-order valence-corrected chi connectivity index (χ1v) is 6.50. The molecule has 100 valence electrons. The molecule has 0 heterocycles. The lowest BCUT2D eigenvalue weighted by Gasteiger charge is -2.20. The van der Waals surface area contributed by atoms with Crippen LogP contribution in [0.1, 0.15) is 0 Å². The smallest absolute Gasteiger partial charge is 0.146 e. The van der Waals surface area contributed by atoms with Crippen molar-refractivity contribution >= 4 is 23.0 Å². The molecule has 2 rings (SSSR count). The van der Waals surface area contributed by atoms with Crippen molar-refractivity contribution in [1.29, 1.82) is 0 Å². The molecule has 1 N–H and O–H groups in total. The number of para-hydroxylation sites is 2. The number of hydrogen-bond donors (Lipinski definition) is 1. The minimum absolute atomic E-state index is 0.206. The highest BCUT2D eigenvalue weighted by molar-refractivity contribution is 6.33. The summed E-state index contributed by atoms with van der Waals surface area (Å²) < 4.78 is 13.6. The largest absolute Gasteiger partial charge is 0.382 e. The summed E-state index contributed by atoms with van der Waals surface area (Å²) in [7, 11) is 1.87. The fourth-order valence-corrected chi connectivity index (χ4v) is 2.05. The van der Waals surface area contributed by atoms with E-state index >= 15 is 0 Å². The van der Waals surface area contributed by atoms with Gasteiger partial charge in [-0.1, -0.05) is 35.9 Å². The quantitative estimate of drug-likeness (QED) is 0.888. The van der Waals surface area contributed by atoms with Crippen LogP contribution in [0.4, 0.5) is 15.8 Å². The van der Waals surface area contributed by atoms with Crippen LogP contribution in [0, 0.1) is 5.82 Å². The molecular formula is C15H16ClFN2. The van der Waals surface area contributed by atoms with Gasteiger partial charge in [-0.2, -0.15) is 0 Å². The molecule has 0 radical (unpaired) electrons. The summed E-state index contributed by atoms with van der Waals surface area (Å²) in [6.45, 7) is 1.38. The minimum atomic E-state index is -0.206. The van der Waals surface area contributed by atoms with Gasteiger partial charge in [0.25, 0.3) is 0 Å². The van der Waals surface area contributed by atoms with Gasteiger partial charge in [0.2, 0.25) is 0 Å². The van der Waals surface area contributed by atoms with Gasteiger partial charge in [0.05, 0.1) is 16.4 Å². The number of nitrogens with one attached hydrogen (secondary N) is 1. The van der Waals surface area contributed by atoms with E-state index in [0.29, 0.717) is 23.8 Å². The second-order valence-corrected chi connectivity index (χ2v) is 4.69. The fourth-order valence-electron chi connectivity index (χ4n) is 1.84. The number of likely N-dealkylation sites (N-methyl/N-ethyl adjacent to an activating group) is 1. The van der Waals surface area contributed by atoms with Crippen molar-refractivity contribution in [2.45, 2.75) is 0 Å². The predicted molar refractivity (Wildman–Crippen MR) is 79.6 cm³/mol. The third kappa shape index (κ3) is 3.61. The molecule has 2 aromatic carbocycles. The standard InChI is InChI=1S/C15H16ClFN2/c1-19(15-9-5-3-7-13(15)17)11-10-18-14-8-4-2-6-12(14)16/h2-9,18H,10-11H2,1H3. The number of rotatable bonds is 5. The van der Waals surface area contributed by atoms with Gasteiger partial charge in [-0.25, -0.2) is 4.39 Å². The van der Waals surface area contributed by atoms with E-state index in [-0.39, 0.29) is 5.82 Å². The van der Waals surface area contributed by atoms with Gasteiger partial charge in [0.1, 0.15) is 5.82 Å². The van der Waals surface area contributed by atoms with E-state index in [1.165, 1.54) is 6.07 Å². The molecule has 0 bridgehead atoms. The van der Waals surface area contributed by atoms with Crippen molar-refractivity contribution in [3.8, 4) is 0 Å². The Morgan fingerprint density at radius 1 is 1.11 bits per heavy atom. The molecule has 0 aliphatic heterocycles. The lowest BCUT2D eigenvalue weighted by Crippen LogP contribution is -2.25. The summed E-state index contributed by atoms with van der Waals surface area (Å²) in [6.07, 6.45) is 0. The van der Waals surface area contributed by atoms with Crippen LogP contribution in [0.15, 0.2) is 48.5 Å². The van der Waals surface area contributed by atoms with Gasteiger partial charge < -0.3 is 10.2 Å². The Bertz CT molecular complexity index is 545. The van der Waals surface area contributed by atoms with Crippen molar-refractivity contribution in [3.63, 3.8) is 0 Å². The first kappa shape index (κ1) is 13.7. The van der Waals surface area contributed by atoms with E-state index in [4.69, 9.17) is 11.6 Å². The molecule has 0 aliphatic rings. The van der Waals surface area contributed by atoms with Gasteiger partial charge in [-0.15, -0.1) is 0 Å². The van der Waals surface area contributed by atoms with Crippen LogP contribution >= 0.6 is 11.6 Å². The molecular weight excluding hydrogens is 263 g/mol. The Morgan fingerprint density at radius 2 is 1.79 bits per heavy atom. The number of anilines is 2. The number of nitrogens with zero attached hydrogens (tertiary/aromatic N) is 1. The summed E-state index contributed by atoms with van der Waals surface area (Å²) >= 11 is 6.05. The van der Waals surface area contributed by atoms with Crippen LogP contribution in [-0.2, 0) is 0 Å². The average Bonchev–Trinajstić information content (AvgIpc) is 2.41. The van der Waals surface area contributed by atoms with Crippen LogP contribution in [0.25, 0.3) is 0 Å². The van der Waals surface area contributed by atoms with Crippen molar-refractivity contribution in [3.05, 3.63) is 59.4 Å². The molecule has 0 atom stereocenters. The molecule has 0 aliphatic carbocycles. The summed E-state index contributed by atoms with van der Waals surface area (Å²) in [4.78, 5) is 1.87. The second-order valence-electron chi connectivity index (χ2n) is 4.28. The molecule has 2 aromatic rings. The van der Waals surface area contributed by atoms with E-state index in [0.717, 1.165) is 5.69 Å². The Hall–Kier alpha value is -1.74. The van der Waals surface area contributed by atoms with E-state index in [9.17, 15) is 4.39 Å². The molecule has 0 unspecified atom stereocenters. The van der Waals surface area contributed by atoms with E-state index in [2.05, 4.69) is 5.32 Å². The molecule has 4 heteroatoms. The fraction of sp³-hybridized carbons (Fsp3) is 0.200. The van der Waals surface area contributed by atoms with Crippen molar-refractivity contribution < 1.29 is 4.39 Å². The summed E-state index contributed by atoms with van der Waals surface area (Å²) in [5.41, 5.74) is 1.49. The van der Waals surface area contributed by atoms with Crippen molar-refractivity contribution in [1.82, 2.24) is 0 Å². The van der Waals surface area contributed by atoms with Crippen LogP contribution < -0.4 is 10.2 Å². The van der Waals surface area contributed by atoms with E-state index < -0.39 is 0 Å². The lowest BCUT2D eigenvalue weighted by atomic mass is 10.3. The zero-order valence-electron chi connectivity index (χ0n) is 10.7. The third-order valence-corrected chi connectivity index (χ3v) is 3.23. The minimum Gasteiger partial charge on any atom is -0.382 e. The highest BCUT2D eigenvalue weighted by Crippen LogP contribution is 2.20. The van der Waals surface area contributed by atoms with Gasteiger partial charge in [0, 0.05) is 20.1 Å². The van der Waals surface area contributed by atoms with Gasteiger partial charge >= 0.3 is 0 Å². The molecule has 0 saturated carbocycles. The molecule has 0 amide bonds. The molecule has 2 nitrogen and oxygen atoms in total. The summed E-state index contributed by atoms with van der Waals surface area (Å²) in [5.74, 6) is -0.206. The average molecular weight is 279 g/mol. The molecule has 0 fully saturated rings. The summed E-state index contributed by atoms with van der Waals surface area (Å²) in [5, 5.41) is 3.93. The van der Waals surface area contributed by atoms with Gasteiger partial charge in [0.15, 0.2) is 0 Å². The Labute approximate surface area is 117 Å². The number of hydrogen-bond acceptors (Lipinski definition) is 2. The van der Waals surface area contributed by atoms with Crippen LogP contribution in [0.5, 0.6) is 0 Å². The molecule has 0 aromatic heterocycles. The zero-order chi connectivity index (χ0) is 13.7. The maximum absolute atomic E-state index is 13.6. The van der Waals surface area contributed by atoms with Crippen molar-refractivity contribution in [2.24, 2.45) is 0 Å². The molecule has 0 spiro atoms. The van der Waals surface area contributed by atoms with Crippen LogP contribution in [0.2, 0.25) is 5.02 Å². The number of halogens is 2. The van der Waals surface area contributed by atoms with Crippen LogP contribution in [-0.4, -0.2) is 20.1 Å². The van der Waals surface area contributed by atoms with Crippen LogP contribution in [0.3, 0.4) is 0 Å². The van der Waals surface area contributed by atoms with Gasteiger partial charge in [-0.05, 0) is 24.3 Å². The highest BCUT2D eigenvalue weighted by atomic mass is 35.5. The van der Waals surface area contributed by atoms with Crippen molar-refractivity contribution in [2.75, 3.05) is 30.4 Å². The highest BCUT2D eigenvalue weighted by Gasteiger charge is 2.06. The monoisotopic (exact) mass is 278 g/mol. The first-order valence-electron chi connectivity index (χ1n) is 6.12. The normalized spacial score (nSPS) is 10.3. The molecule has 0 saturated heterocycles. The maximum atomic E-state index is 13.6. The first-order chi connectivity index (χ1) is 9.18. The lowest BCUT2D eigenvalue weighted by molar-refractivity contribution is 0.623. The third-order valence-electron chi connectivity index (χ3n) is 2.90. The molecule has 19 heavy (non-hydrogen) atoms. The SMILES string of the molecule is CN(CCNc1ccccc1Cl)c1ccccc1F. The maximum Gasteiger partial charge on any atom is 0.146 e. The van der Waals surface area contributed by atoms with E-state index in [1.54, 1.807) is 12.1 Å². The Balaban J connectivity index is 1.90. The Morgan fingerprint density at radius 3 is 2.53 bits per heavy atom. The predicted octanol–water partition coefficient (Wildman–Crippen LogP) is 4.03. The number of benzene rings is 2. The van der Waals surface area contributed by atoms with E-state index in [1.807, 2.05) is 42.3 Å².